The van der Waals surface area contributed by atoms with Crippen LogP contribution in [0.4, 0.5) is 11.4 Å². The highest BCUT2D eigenvalue weighted by Gasteiger charge is 2.12. The number of nitro benzene ring substituents is 1. The van der Waals surface area contributed by atoms with Crippen molar-refractivity contribution in [2.75, 3.05) is 18.4 Å². The lowest BCUT2D eigenvalue weighted by molar-refractivity contribution is -0.384. The third-order valence-electron chi connectivity index (χ3n) is 3.54. The van der Waals surface area contributed by atoms with Crippen LogP contribution in [0.25, 0.3) is 0 Å². The van der Waals surface area contributed by atoms with Crippen LogP contribution in [0.15, 0.2) is 54.6 Å². The number of anilines is 1. The van der Waals surface area contributed by atoms with Gasteiger partial charge >= 0.3 is 0 Å². The average Bonchev–Trinajstić information content (AvgIpc) is 2.64. The Morgan fingerprint density at radius 2 is 1.60 bits per heavy atom. The number of para-hydroxylation sites is 2. The van der Waals surface area contributed by atoms with Gasteiger partial charge < -0.3 is 10.6 Å². The van der Waals surface area contributed by atoms with E-state index in [2.05, 4.69) is 10.6 Å². The first-order valence-corrected chi connectivity index (χ1v) is 7.90. The third kappa shape index (κ3) is 5.72. The molecule has 0 bridgehead atoms. The van der Waals surface area contributed by atoms with Crippen molar-refractivity contribution in [3.8, 4) is 0 Å². The molecule has 0 radical (unpaired) electrons. The van der Waals surface area contributed by atoms with Gasteiger partial charge in [0, 0.05) is 37.6 Å². The first-order valence-electron chi connectivity index (χ1n) is 7.90. The monoisotopic (exact) mass is 341 g/mol. The van der Waals surface area contributed by atoms with E-state index >= 15 is 0 Å². The number of hydrogen-bond donors (Lipinski definition) is 2. The molecule has 25 heavy (non-hydrogen) atoms. The van der Waals surface area contributed by atoms with Crippen LogP contribution < -0.4 is 10.6 Å². The highest BCUT2D eigenvalue weighted by Crippen LogP contribution is 2.22. The van der Waals surface area contributed by atoms with E-state index in [0.717, 1.165) is 0 Å². The molecule has 0 atom stereocenters. The number of nitrogens with one attached hydrogen (secondary N) is 2. The van der Waals surface area contributed by atoms with Gasteiger partial charge in [-0.2, -0.15) is 0 Å². The molecule has 0 unspecified atom stereocenters. The van der Waals surface area contributed by atoms with Crippen molar-refractivity contribution < 1.29 is 14.5 Å². The molecule has 7 heteroatoms. The number of carbonyl (C=O) groups excluding carboxylic acids is 2. The Bertz CT molecular complexity index is 747. The zero-order valence-electron chi connectivity index (χ0n) is 13.6. The molecule has 2 N–H and O–H groups in total. The largest absolute Gasteiger partial charge is 0.378 e. The highest BCUT2D eigenvalue weighted by atomic mass is 16.6. The molecular weight excluding hydrogens is 322 g/mol. The molecule has 0 saturated carbocycles. The Morgan fingerprint density at radius 1 is 0.920 bits per heavy atom. The average molecular weight is 341 g/mol. The lowest BCUT2D eigenvalue weighted by atomic mass is 10.1. The SMILES string of the molecule is O=C(CCC(=O)c1ccccc1)NCCNc1ccccc1[N+](=O)[O-]. The van der Waals surface area contributed by atoms with Crippen LogP contribution in [0.5, 0.6) is 0 Å². The second-order valence-corrected chi connectivity index (χ2v) is 5.34. The van der Waals surface area contributed by atoms with E-state index in [4.69, 9.17) is 0 Å². The smallest absolute Gasteiger partial charge is 0.292 e. The van der Waals surface area contributed by atoms with Crippen molar-refractivity contribution in [2.24, 2.45) is 0 Å². The first-order chi connectivity index (χ1) is 12.1. The van der Waals surface area contributed by atoms with E-state index in [1.54, 1.807) is 42.5 Å². The van der Waals surface area contributed by atoms with Crippen molar-refractivity contribution in [3.05, 3.63) is 70.3 Å². The number of benzene rings is 2. The maximum atomic E-state index is 11.9. The summed E-state index contributed by atoms with van der Waals surface area (Å²) >= 11 is 0. The predicted octanol–water partition coefficient (Wildman–Crippen LogP) is 2.79. The predicted molar refractivity (Wildman–Crippen MR) is 94.6 cm³/mol. The summed E-state index contributed by atoms with van der Waals surface area (Å²) in [5.41, 5.74) is 0.983. The Morgan fingerprint density at radius 3 is 2.32 bits per heavy atom. The van der Waals surface area contributed by atoms with Crippen molar-refractivity contribution in [1.82, 2.24) is 5.32 Å². The molecule has 0 aliphatic heterocycles. The van der Waals surface area contributed by atoms with Crippen LogP contribution >= 0.6 is 0 Å². The number of Topliss-reactive ketones (excluding diaryl/α,β-unsaturated/α-hetero) is 1. The molecule has 0 saturated heterocycles. The summed E-state index contributed by atoms with van der Waals surface area (Å²) in [7, 11) is 0. The number of nitrogens with zero attached hydrogens (tertiary/aromatic N) is 1. The molecule has 0 aromatic heterocycles. The van der Waals surface area contributed by atoms with Gasteiger partial charge in [0.1, 0.15) is 5.69 Å². The van der Waals surface area contributed by atoms with Gasteiger partial charge in [-0.15, -0.1) is 0 Å². The molecule has 0 spiro atoms. The Hall–Kier alpha value is -3.22. The highest BCUT2D eigenvalue weighted by molar-refractivity contribution is 5.97. The van der Waals surface area contributed by atoms with E-state index in [-0.39, 0.29) is 30.2 Å². The minimum absolute atomic E-state index is 0.0118. The van der Waals surface area contributed by atoms with E-state index in [9.17, 15) is 19.7 Å². The molecule has 2 rings (SSSR count). The second-order valence-electron chi connectivity index (χ2n) is 5.34. The summed E-state index contributed by atoms with van der Waals surface area (Å²) in [5, 5.41) is 16.5. The van der Waals surface area contributed by atoms with Gasteiger partial charge in [-0.25, -0.2) is 0 Å². The van der Waals surface area contributed by atoms with Gasteiger partial charge in [-0.05, 0) is 6.07 Å². The quantitative estimate of drug-likeness (QED) is 0.316. The van der Waals surface area contributed by atoms with Crippen molar-refractivity contribution in [3.63, 3.8) is 0 Å². The standard InChI is InChI=1S/C18H19N3O4/c22-17(14-6-2-1-3-7-14)10-11-18(23)20-13-12-19-15-8-4-5-9-16(15)21(24)25/h1-9,19H,10-13H2,(H,20,23). The minimum Gasteiger partial charge on any atom is -0.378 e. The fourth-order valence-electron chi connectivity index (χ4n) is 2.27. The summed E-state index contributed by atoms with van der Waals surface area (Å²) in [6, 6.07) is 15.1. The lowest BCUT2D eigenvalue weighted by Crippen LogP contribution is -2.29. The van der Waals surface area contributed by atoms with Crippen molar-refractivity contribution in [1.29, 1.82) is 0 Å². The molecule has 0 aliphatic rings. The van der Waals surface area contributed by atoms with E-state index < -0.39 is 4.92 Å². The number of amides is 1. The number of rotatable bonds is 9. The fourth-order valence-corrected chi connectivity index (χ4v) is 2.27. The van der Waals surface area contributed by atoms with Gasteiger partial charge in [-0.1, -0.05) is 42.5 Å². The summed E-state index contributed by atoms with van der Waals surface area (Å²) in [4.78, 5) is 34.1. The maximum absolute atomic E-state index is 11.9. The van der Waals surface area contributed by atoms with Crippen LogP contribution in [0.2, 0.25) is 0 Å². The molecule has 2 aromatic carbocycles. The number of ketones is 1. The maximum Gasteiger partial charge on any atom is 0.292 e. The third-order valence-corrected chi connectivity index (χ3v) is 3.54. The Labute approximate surface area is 145 Å². The first kappa shape index (κ1) is 18.1. The zero-order chi connectivity index (χ0) is 18.1. The molecule has 130 valence electrons. The summed E-state index contributed by atoms with van der Waals surface area (Å²) in [5.74, 6) is -0.303. The number of hydrogen-bond acceptors (Lipinski definition) is 5. The molecule has 0 aliphatic carbocycles. The van der Waals surface area contributed by atoms with Gasteiger partial charge in [0.2, 0.25) is 5.91 Å². The molecule has 1 amide bonds. The molecular formula is C18H19N3O4. The second kappa shape index (κ2) is 9.17. The van der Waals surface area contributed by atoms with Gasteiger partial charge in [0.15, 0.2) is 5.78 Å². The van der Waals surface area contributed by atoms with E-state index in [0.29, 0.717) is 24.3 Å². The van der Waals surface area contributed by atoms with Crippen LogP contribution in [-0.4, -0.2) is 29.7 Å². The lowest BCUT2D eigenvalue weighted by Gasteiger charge is -2.08. The Balaban J connectivity index is 1.69. The van der Waals surface area contributed by atoms with Gasteiger partial charge in [0.25, 0.3) is 5.69 Å². The van der Waals surface area contributed by atoms with Crippen LogP contribution in [0, 0.1) is 10.1 Å². The van der Waals surface area contributed by atoms with Crippen LogP contribution in [0.1, 0.15) is 23.2 Å². The topological polar surface area (TPSA) is 101 Å². The number of nitro groups is 1. The van der Waals surface area contributed by atoms with Crippen LogP contribution in [0.3, 0.4) is 0 Å². The van der Waals surface area contributed by atoms with Crippen molar-refractivity contribution in [2.45, 2.75) is 12.8 Å². The fraction of sp³-hybridized carbons (Fsp3) is 0.222. The molecule has 2 aromatic rings. The Kier molecular flexibility index (Phi) is 6.65. The summed E-state index contributed by atoms with van der Waals surface area (Å²) < 4.78 is 0. The van der Waals surface area contributed by atoms with Gasteiger partial charge in [-0.3, -0.25) is 19.7 Å². The molecule has 0 heterocycles. The van der Waals surface area contributed by atoms with Crippen molar-refractivity contribution >= 4 is 23.1 Å². The van der Waals surface area contributed by atoms with E-state index in [1.807, 2.05) is 6.07 Å². The van der Waals surface area contributed by atoms with Gasteiger partial charge in [0.05, 0.1) is 4.92 Å². The zero-order valence-corrected chi connectivity index (χ0v) is 13.6. The normalized spacial score (nSPS) is 10.1. The minimum atomic E-state index is -0.462. The summed E-state index contributed by atoms with van der Waals surface area (Å²) in [6.45, 7) is 0.660. The molecule has 7 nitrogen and oxygen atoms in total. The summed E-state index contributed by atoms with van der Waals surface area (Å²) in [6.07, 6.45) is 0.257. The number of carbonyl (C=O) groups is 2. The van der Waals surface area contributed by atoms with Crippen LogP contribution in [-0.2, 0) is 4.79 Å². The molecule has 0 fully saturated rings. The van der Waals surface area contributed by atoms with E-state index in [1.165, 1.54) is 6.07 Å².